The maximum Gasteiger partial charge on any atom is 0.222 e. The molecule has 1 N–H and O–H groups in total. The minimum atomic E-state index is 0.0485. The molecule has 0 aromatic heterocycles. The highest BCUT2D eigenvalue weighted by Crippen LogP contribution is 1.92. The third-order valence-corrected chi connectivity index (χ3v) is 2.49. The van der Waals surface area contributed by atoms with Crippen LogP contribution in [0.2, 0.25) is 0 Å². The number of nitrogens with zero attached hydrogens (tertiary/aromatic N) is 1. The lowest BCUT2D eigenvalue weighted by atomic mass is 10.2. The van der Waals surface area contributed by atoms with Gasteiger partial charge in [0.1, 0.15) is 0 Å². The van der Waals surface area contributed by atoms with Crippen molar-refractivity contribution in [2.45, 2.75) is 32.6 Å². The molecule has 0 saturated heterocycles. The standard InChI is InChI=1S/C13H24N2O3S/c1-2-3-4-6-15-13(16)5-8-17-10-11-18-9-7-14-12-19/h2-11H2,1H3,(H,15,16). The molecule has 110 valence electrons. The van der Waals surface area contributed by atoms with Gasteiger partial charge >= 0.3 is 0 Å². The van der Waals surface area contributed by atoms with Crippen LogP contribution >= 0.6 is 12.2 Å². The first-order valence-electron chi connectivity index (χ1n) is 6.77. The molecule has 0 aliphatic carbocycles. The van der Waals surface area contributed by atoms with Crippen molar-refractivity contribution >= 4 is 23.3 Å². The Morgan fingerprint density at radius 3 is 2.63 bits per heavy atom. The molecule has 0 atom stereocenters. The largest absolute Gasteiger partial charge is 0.379 e. The summed E-state index contributed by atoms with van der Waals surface area (Å²) in [4.78, 5) is 15.1. The molecule has 0 heterocycles. The van der Waals surface area contributed by atoms with Crippen LogP contribution in [0.1, 0.15) is 32.6 Å². The van der Waals surface area contributed by atoms with E-state index in [1.54, 1.807) is 0 Å². The van der Waals surface area contributed by atoms with Crippen LogP contribution in [0.15, 0.2) is 4.99 Å². The first-order valence-corrected chi connectivity index (χ1v) is 7.18. The third kappa shape index (κ3) is 15.1. The smallest absolute Gasteiger partial charge is 0.222 e. The number of hydrogen-bond donors (Lipinski definition) is 1. The minimum absolute atomic E-state index is 0.0485. The van der Waals surface area contributed by atoms with E-state index in [4.69, 9.17) is 9.47 Å². The zero-order valence-electron chi connectivity index (χ0n) is 11.7. The van der Waals surface area contributed by atoms with Crippen molar-refractivity contribution in [3.05, 3.63) is 0 Å². The number of rotatable bonds is 13. The van der Waals surface area contributed by atoms with Crippen molar-refractivity contribution in [2.75, 3.05) is 39.5 Å². The molecule has 1 amide bonds. The van der Waals surface area contributed by atoms with Crippen LogP contribution in [0.4, 0.5) is 0 Å². The van der Waals surface area contributed by atoms with E-state index in [1.807, 2.05) is 0 Å². The summed E-state index contributed by atoms with van der Waals surface area (Å²) in [7, 11) is 0. The molecule has 0 radical (unpaired) electrons. The number of carbonyl (C=O) groups is 1. The van der Waals surface area contributed by atoms with Crippen molar-refractivity contribution in [2.24, 2.45) is 4.99 Å². The first-order chi connectivity index (χ1) is 9.31. The number of unbranched alkanes of at least 4 members (excludes halogenated alkanes) is 2. The summed E-state index contributed by atoms with van der Waals surface area (Å²) in [6, 6.07) is 0. The SMILES string of the molecule is CCCCCNC(=O)CCOCCOCCN=C=S. The van der Waals surface area contributed by atoms with Crippen molar-refractivity contribution in [1.29, 1.82) is 0 Å². The highest BCUT2D eigenvalue weighted by molar-refractivity contribution is 7.78. The number of ether oxygens (including phenoxy) is 2. The Morgan fingerprint density at radius 1 is 1.21 bits per heavy atom. The van der Waals surface area contributed by atoms with Gasteiger partial charge in [-0.15, -0.1) is 0 Å². The highest BCUT2D eigenvalue weighted by Gasteiger charge is 1.99. The number of isothiocyanates is 1. The molecule has 0 spiro atoms. The second-order valence-corrected chi connectivity index (χ2v) is 4.19. The summed E-state index contributed by atoms with van der Waals surface area (Å²) >= 11 is 4.42. The highest BCUT2D eigenvalue weighted by atomic mass is 32.1. The molecule has 0 saturated carbocycles. The summed E-state index contributed by atoms with van der Waals surface area (Å²) in [5.74, 6) is 0.0485. The monoisotopic (exact) mass is 288 g/mol. The maximum absolute atomic E-state index is 11.4. The average molecular weight is 288 g/mol. The van der Waals surface area contributed by atoms with Crippen LogP contribution in [0, 0.1) is 0 Å². The topological polar surface area (TPSA) is 59.9 Å². The molecule has 0 unspecified atom stereocenters. The predicted octanol–water partition coefficient (Wildman–Crippen LogP) is 1.82. The quantitative estimate of drug-likeness (QED) is 0.319. The molecular weight excluding hydrogens is 264 g/mol. The van der Waals surface area contributed by atoms with Crippen molar-refractivity contribution in [3.63, 3.8) is 0 Å². The molecule has 6 heteroatoms. The van der Waals surface area contributed by atoms with E-state index in [9.17, 15) is 4.79 Å². The van der Waals surface area contributed by atoms with Crippen molar-refractivity contribution in [1.82, 2.24) is 5.32 Å². The molecule has 0 bridgehead atoms. The van der Waals surface area contributed by atoms with Gasteiger partial charge in [-0.1, -0.05) is 19.8 Å². The molecule has 0 aliphatic heterocycles. The van der Waals surface area contributed by atoms with Crippen LogP contribution in [0.3, 0.4) is 0 Å². The van der Waals surface area contributed by atoms with Gasteiger partial charge in [0.05, 0.1) is 38.1 Å². The average Bonchev–Trinajstić information content (AvgIpc) is 2.42. The molecule has 0 rings (SSSR count). The lowest BCUT2D eigenvalue weighted by Crippen LogP contribution is -2.25. The lowest BCUT2D eigenvalue weighted by molar-refractivity contribution is -0.122. The van der Waals surface area contributed by atoms with E-state index in [2.05, 4.69) is 34.6 Å². The first kappa shape index (κ1) is 18.2. The van der Waals surface area contributed by atoms with Gasteiger partial charge in [0, 0.05) is 13.0 Å². The van der Waals surface area contributed by atoms with Crippen LogP contribution in [0.5, 0.6) is 0 Å². The number of thiocarbonyl (C=S) groups is 1. The van der Waals surface area contributed by atoms with Crippen LogP contribution < -0.4 is 5.32 Å². The van der Waals surface area contributed by atoms with Gasteiger partial charge < -0.3 is 14.8 Å². The van der Waals surface area contributed by atoms with E-state index in [0.29, 0.717) is 39.4 Å². The molecule has 19 heavy (non-hydrogen) atoms. The second kappa shape index (κ2) is 15.2. The minimum Gasteiger partial charge on any atom is -0.379 e. The van der Waals surface area contributed by atoms with Gasteiger partial charge in [0.25, 0.3) is 0 Å². The molecule has 0 fully saturated rings. The summed E-state index contributed by atoms with van der Waals surface area (Å²) in [6.07, 6.45) is 3.76. The van der Waals surface area contributed by atoms with Crippen molar-refractivity contribution in [3.8, 4) is 0 Å². The fourth-order valence-corrected chi connectivity index (χ4v) is 1.43. The number of aliphatic imine (C=N–C) groups is 1. The van der Waals surface area contributed by atoms with Crippen molar-refractivity contribution < 1.29 is 14.3 Å². The molecular formula is C13H24N2O3S. The third-order valence-electron chi connectivity index (χ3n) is 2.36. The Labute approximate surface area is 120 Å². The Bertz CT molecular complexity index is 269. The normalized spacial score (nSPS) is 9.95. The Kier molecular flexibility index (Phi) is 14.6. The lowest BCUT2D eigenvalue weighted by Gasteiger charge is -2.06. The fourth-order valence-electron chi connectivity index (χ4n) is 1.33. The second-order valence-electron chi connectivity index (χ2n) is 4.00. The zero-order valence-corrected chi connectivity index (χ0v) is 12.5. The predicted molar refractivity (Wildman–Crippen MR) is 78.7 cm³/mol. The van der Waals surface area contributed by atoms with Gasteiger partial charge in [-0.25, -0.2) is 4.99 Å². The zero-order chi connectivity index (χ0) is 14.2. The van der Waals surface area contributed by atoms with E-state index in [0.717, 1.165) is 25.8 Å². The summed E-state index contributed by atoms with van der Waals surface area (Å²) in [5, 5.41) is 5.13. The Morgan fingerprint density at radius 2 is 1.95 bits per heavy atom. The van der Waals surface area contributed by atoms with Gasteiger partial charge in [-0.05, 0) is 18.6 Å². The fraction of sp³-hybridized carbons (Fsp3) is 0.846. The molecule has 0 aliphatic rings. The maximum atomic E-state index is 11.4. The van der Waals surface area contributed by atoms with E-state index in [1.165, 1.54) is 0 Å². The van der Waals surface area contributed by atoms with E-state index < -0.39 is 0 Å². The Hall–Kier alpha value is -0.810. The van der Waals surface area contributed by atoms with Crippen LogP contribution in [-0.2, 0) is 14.3 Å². The van der Waals surface area contributed by atoms with Crippen LogP contribution in [0.25, 0.3) is 0 Å². The van der Waals surface area contributed by atoms with Gasteiger partial charge in [0.2, 0.25) is 5.91 Å². The molecule has 0 aromatic rings. The van der Waals surface area contributed by atoms with E-state index in [-0.39, 0.29) is 5.91 Å². The van der Waals surface area contributed by atoms with Gasteiger partial charge in [0.15, 0.2) is 0 Å². The number of amides is 1. The number of carbonyl (C=O) groups excluding carboxylic acids is 1. The summed E-state index contributed by atoms with van der Waals surface area (Å²) in [6.45, 7) is 5.38. The molecule has 5 nitrogen and oxygen atoms in total. The number of nitrogens with one attached hydrogen (secondary N) is 1. The van der Waals surface area contributed by atoms with Gasteiger partial charge in [-0.3, -0.25) is 4.79 Å². The van der Waals surface area contributed by atoms with Crippen LogP contribution in [-0.4, -0.2) is 50.6 Å². The number of hydrogen-bond acceptors (Lipinski definition) is 5. The summed E-state index contributed by atoms with van der Waals surface area (Å²) in [5.41, 5.74) is 0. The molecule has 0 aromatic carbocycles. The van der Waals surface area contributed by atoms with Gasteiger partial charge in [-0.2, -0.15) is 0 Å². The Balaban J connectivity index is 3.16. The van der Waals surface area contributed by atoms with E-state index >= 15 is 0 Å². The summed E-state index contributed by atoms with van der Waals surface area (Å²) < 4.78 is 10.5.